The molecule has 0 saturated carbocycles. The summed E-state index contributed by atoms with van der Waals surface area (Å²) >= 11 is 2.84. The minimum Gasteiger partial charge on any atom is -0.379 e. The molecule has 3 aromatic rings. The fraction of sp³-hybridized carbons (Fsp3) is 0.318. The van der Waals surface area contributed by atoms with E-state index in [9.17, 15) is 4.79 Å². The van der Waals surface area contributed by atoms with Crippen LogP contribution in [-0.4, -0.2) is 53.1 Å². The zero-order valence-electron chi connectivity index (χ0n) is 17.1. The summed E-state index contributed by atoms with van der Waals surface area (Å²) in [7, 11) is 0. The topological polar surface area (TPSA) is 79.4 Å². The van der Waals surface area contributed by atoms with Crippen molar-refractivity contribution in [3.05, 3.63) is 65.7 Å². The normalized spacial score (nSPS) is 14.3. The minimum atomic E-state index is -0.0149. The molecule has 1 saturated heterocycles. The Bertz CT molecular complexity index is 977. The average molecular weight is 456 g/mol. The Morgan fingerprint density at radius 1 is 1.03 bits per heavy atom. The molecule has 1 aliphatic rings. The maximum Gasteiger partial charge on any atom is 0.230 e. The first kappa shape index (κ1) is 21.8. The van der Waals surface area contributed by atoms with Gasteiger partial charge in [-0.25, -0.2) is 0 Å². The summed E-state index contributed by atoms with van der Waals surface area (Å²) < 4.78 is 6.19. The molecule has 1 aromatic heterocycles. The van der Waals surface area contributed by atoms with Gasteiger partial charge in [0.05, 0.1) is 19.0 Å². The van der Waals surface area contributed by atoms with Gasteiger partial charge in [0.15, 0.2) is 4.34 Å². The highest BCUT2D eigenvalue weighted by Crippen LogP contribution is 2.27. The van der Waals surface area contributed by atoms with Gasteiger partial charge in [0, 0.05) is 31.9 Å². The average Bonchev–Trinajstić information content (AvgIpc) is 3.26. The van der Waals surface area contributed by atoms with Gasteiger partial charge in [-0.1, -0.05) is 65.6 Å². The first-order valence-electron chi connectivity index (χ1n) is 10.2. The molecule has 162 valence electrons. The van der Waals surface area contributed by atoms with Crippen molar-refractivity contribution in [3.63, 3.8) is 0 Å². The number of benzene rings is 2. The molecule has 31 heavy (non-hydrogen) atoms. The molecule has 0 spiro atoms. The first-order valence-corrected chi connectivity index (χ1v) is 12.0. The molecular weight excluding hydrogens is 430 g/mol. The van der Waals surface area contributed by atoms with Gasteiger partial charge in [-0.3, -0.25) is 9.69 Å². The van der Waals surface area contributed by atoms with Crippen molar-refractivity contribution in [1.82, 2.24) is 20.4 Å². The molecule has 2 aromatic carbocycles. The van der Waals surface area contributed by atoms with Crippen molar-refractivity contribution in [1.29, 1.82) is 0 Å². The third kappa shape index (κ3) is 6.76. The van der Waals surface area contributed by atoms with Crippen molar-refractivity contribution in [2.45, 2.75) is 17.4 Å². The van der Waals surface area contributed by atoms with Gasteiger partial charge in [0.1, 0.15) is 0 Å². The molecule has 1 fully saturated rings. The van der Waals surface area contributed by atoms with E-state index in [0.717, 1.165) is 48.4 Å². The molecule has 0 atom stereocenters. The van der Waals surface area contributed by atoms with Crippen LogP contribution in [0, 0.1) is 0 Å². The number of ether oxygens (including phenoxy) is 1. The summed E-state index contributed by atoms with van der Waals surface area (Å²) in [5.41, 5.74) is 3.36. The molecule has 9 heteroatoms. The van der Waals surface area contributed by atoms with E-state index in [1.165, 1.54) is 28.7 Å². The Balaban J connectivity index is 1.24. The van der Waals surface area contributed by atoms with Gasteiger partial charge in [0.2, 0.25) is 11.0 Å². The quantitative estimate of drug-likeness (QED) is 0.478. The number of carbonyl (C=O) groups excluding carboxylic acids is 1. The van der Waals surface area contributed by atoms with E-state index in [2.05, 4.69) is 37.9 Å². The van der Waals surface area contributed by atoms with Crippen LogP contribution in [-0.2, 0) is 22.6 Å². The Morgan fingerprint density at radius 2 is 1.77 bits per heavy atom. The van der Waals surface area contributed by atoms with Gasteiger partial charge in [-0.15, -0.1) is 10.2 Å². The van der Waals surface area contributed by atoms with Crippen LogP contribution in [0.15, 0.2) is 58.9 Å². The lowest BCUT2D eigenvalue weighted by Crippen LogP contribution is -2.36. The zero-order valence-corrected chi connectivity index (χ0v) is 18.8. The molecule has 0 aliphatic carbocycles. The van der Waals surface area contributed by atoms with Gasteiger partial charge in [-0.05, 0) is 23.3 Å². The van der Waals surface area contributed by atoms with Crippen LogP contribution >= 0.6 is 23.1 Å². The number of nitrogens with zero attached hydrogens (tertiary/aromatic N) is 3. The third-order valence-electron chi connectivity index (χ3n) is 4.85. The van der Waals surface area contributed by atoms with Crippen molar-refractivity contribution < 1.29 is 9.53 Å². The Hall–Kier alpha value is -2.46. The predicted molar refractivity (Wildman–Crippen MR) is 125 cm³/mol. The summed E-state index contributed by atoms with van der Waals surface area (Å²) in [6.07, 6.45) is 0. The fourth-order valence-electron chi connectivity index (χ4n) is 3.22. The maximum absolute atomic E-state index is 12.4. The third-order valence-corrected chi connectivity index (χ3v) is 6.82. The molecule has 0 radical (unpaired) electrons. The highest BCUT2D eigenvalue weighted by atomic mass is 32.2. The van der Waals surface area contributed by atoms with Crippen molar-refractivity contribution in [3.8, 4) is 0 Å². The van der Waals surface area contributed by atoms with Crippen molar-refractivity contribution >= 4 is 39.8 Å². The number of morpholine rings is 1. The Labute approximate surface area is 190 Å². The highest BCUT2D eigenvalue weighted by molar-refractivity contribution is 8.01. The number of hydrogen-bond donors (Lipinski definition) is 2. The van der Waals surface area contributed by atoms with Crippen LogP contribution in [0.5, 0.6) is 0 Å². The molecule has 4 rings (SSSR count). The van der Waals surface area contributed by atoms with Crippen molar-refractivity contribution in [2.24, 2.45) is 0 Å². The van der Waals surface area contributed by atoms with Gasteiger partial charge in [0.25, 0.3) is 0 Å². The molecule has 1 aliphatic heterocycles. The molecule has 7 nitrogen and oxygen atoms in total. The second-order valence-corrected chi connectivity index (χ2v) is 9.29. The Morgan fingerprint density at radius 3 is 2.58 bits per heavy atom. The molecule has 2 heterocycles. The largest absolute Gasteiger partial charge is 0.379 e. The van der Waals surface area contributed by atoms with Gasteiger partial charge in [-0.2, -0.15) is 0 Å². The lowest BCUT2D eigenvalue weighted by molar-refractivity contribution is -0.118. The van der Waals surface area contributed by atoms with E-state index >= 15 is 0 Å². The summed E-state index contributed by atoms with van der Waals surface area (Å²) in [6.45, 7) is 4.86. The number of carbonyl (C=O) groups is 1. The van der Waals surface area contributed by atoms with E-state index in [4.69, 9.17) is 4.74 Å². The van der Waals surface area contributed by atoms with Crippen LogP contribution in [0.4, 0.5) is 10.8 Å². The van der Waals surface area contributed by atoms with E-state index < -0.39 is 0 Å². The molecular formula is C22H25N5O2S2. The van der Waals surface area contributed by atoms with Gasteiger partial charge < -0.3 is 15.4 Å². The fourth-order valence-corrected chi connectivity index (χ4v) is 4.82. The first-order chi connectivity index (χ1) is 15.3. The number of para-hydroxylation sites is 1. The summed E-state index contributed by atoms with van der Waals surface area (Å²) in [5, 5.41) is 15.3. The molecule has 2 N–H and O–H groups in total. The van der Waals surface area contributed by atoms with Crippen LogP contribution < -0.4 is 10.6 Å². The smallest absolute Gasteiger partial charge is 0.230 e. The van der Waals surface area contributed by atoms with Crippen molar-refractivity contribution in [2.75, 3.05) is 37.4 Å². The zero-order chi connectivity index (χ0) is 21.3. The number of amides is 1. The second-order valence-electron chi connectivity index (χ2n) is 7.09. The van der Waals surface area contributed by atoms with Crippen LogP contribution in [0.3, 0.4) is 0 Å². The molecule has 0 bridgehead atoms. The lowest BCUT2D eigenvalue weighted by atomic mass is 10.1. The number of thioether (sulfide) groups is 1. The standard InChI is InChI=1S/C22H25N5O2S2/c28-20(16-30-22-26-25-21(31-22)24-19-8-2-1-3-9-19)23-14-17-6-4-5-7-18(17)15-27-10-12-29-13-11-27/h1-9H,10-16H2,(H,23,28)(H,24,25). The number of aromatic nitrogens is 2. The number of hydrogen-bond acceptors (Lipinski definition) is 8. The lowest BCUT2D eigenvalue weighted by Gasteiger charge is -2.27. The number of anilines is 2. The SMILES string of the molecule is O=C(CSc1nnc(Nc2ccccc2)s1)NCc1ccccc1CN1CCOCC1. The van der Waals surface area contributed by atoms with E-state index in [1.807, 2.05) is 42.5 Å². The second kappa shape index (κ2) is 11.2. The summed E-state index contributed by atoms with van der Waals surface area (Å²) in [6, 6.07) is 18.1. The highest BCUT2D eigenvalue weighted by Gasteiger charge is 2.13. The summed E-state index contributed by atoms with van der Waals surface area (Å²) in [5.74, 6) is 0.296. The predicted octanol–water partition coefficient (Wildman–Crippen LogP) is 3.52. The summed E-state index contributed by atoms with van der Waals surface area (Å²) in [4.78, 5) is 14.8. The van der Waals surface area contributed by atoms with E-state index in [0.29, 0.717) is 17.4 Å². The van der Waals surface area contributed by atoms with Crippen LogP contribution in [0.25, 0.3) is 0 Å². The number of rotatable bonds is 9. The van der Waals surface area contributed by atoms with Crippen LogP contribution in [0.2, 0.25) is 0 Å². The monoisotopic (exact) mass is 455 g/mol. The Kier molecular flexibility index (Phi) is 7.89. The van der Waals surface area contributed by atoms with Crippen LogP contribution in [0.1, 0.15) is 11.1 Å². The minimum absolute atomic E-state index is 0.0149. The maximum atomic E-state index is 12.4. The number of nitrogens with one attached hydrogen (secondary N) is 2. The van der Waals surface area contributed by atoms with Gasteiger partial charge >= 0.3 is 0 Å². The molecule has 0 unspecified atom stereocenters. The van der Waals surface area contributed by atoms with E-state index in [1.54, 1.807) is 0 Å². The van der Waals surface area contributed by atoms with E-state index in [-0.39, 0.29) is 5.91 Å². The molecule has 1 amide bonds.